The summed E-state index contributed by atoms with van der Waals surface area (Å²) in [6.07, 6.45) is 1.24. The summed E-state index contributed by atoms with van der Waals surface area (Å²) in [6.45, 7) is 0. The number of amides is 1. The Hall–Kier alpha value is -1.45. The average Bonchev–Trinajstić information content (AvgIpc) is 2.36. The molecule has 0 spiro atoms. The largest absolute Gasteiger partial charge is 0.452 e. The highest BCUT2D eigenvalue weighted by molar-refractivity contribution is 6.32. The van der Waals surface area contributed by atoms with Gasteiger partial charge in [0.05, 0.1) is 11.8 Å². The molecule has 0 aliphatic heterocycles. The zero-order valence-electron chi connectivity index (χ0n) is 5.19. The third-order valence-electron chi connectivity index (χ3n) is 0.984. The lowest BCUT2D eigenvalue weighted by Crippen LogP contribution is -1.89. The van der Waals surface area contributed by atoms with Gasteiger partial charge in [0, 0.05) is 4.91 Å². The van der Waals surface area contributed by atoms with E-state index >= 15 is 0 Å². The van der Waals surface area contributed by atoms with Crippen molar-refractivity contribution in [3.63, 3.8) is 0 Å². The Balaban J connectivity index is 3.02. The Morgan fingerprint density at radius 1 is 1.82 bits per heavy atom. The van der Waals surface area contributed by atoms with Gasteiger partial charge in [0.15, 0.2) is 0 Å². The Morgan fingerprint density at radius 2 is 2.55 bits per heavy atom. The first-order valence-electron chi connectivity index (χ1n) is 2.58. The van der Waals surface area contributed by atoms with Crippen LogP contribution in [-0.2, 0) is 0 Å². The van der Waals surface area contributed by atoms with Crippen LogP contribution in [0.15, 0.2) is 21.9 Å². The minimum absolute atomic E-state index is 0.0672. The molecule has 0 saturated heterocycles. The van der Waals surface area contributed by atoms with E-state index in [0.717, 1.165) is 0 Å². The Kier molecular flexibility index (Phi) is 2.15. The van der Waals surface area contributed by atoms with Crippen LogP contribution in [-0.4, -0.2) is 5.91 Å². The van der Waals surface area contributed by atoms with Crippen molar-refractivity contribution >= 4 is 17.5 Å². The summed E-state index contributed by atoms with van der Waals surface area (Å²) in [4.78, 5) is 13.1. The highest BCUT2D eigenvalue weighted by Crippen LogP contribution is 2.17. The molecule has 0 saturated carbocycles. The van der Waals surface area contributed by atoms with Crippen LogP contribution in [0.2, 0.25) is 5.22 Å². The summed E-state index contributed by atoms with van der Waals surface area (Å²) in [6, 6.07) is 1.33. The lowest BCUT2D eigenvalue weighted by molar-refractivity contribution is 0.1000. The molecule has 1 rings (SSSR count). The Morgan fingerprint density at radius 3 is 3.00 bits per heavy atom. The zero-order chi connectivity index (χ0) is 8.27. The summed E-state index contributed by atoms with van der Waals surface area (Å²) >= 11 is 5.40. The molecular weight excluding hydrogens is 170 g/mol. The summed E-state index contributed by atoms with van der Waals surface area (Å²) in [5, 5.41) is 2.76. The standard InChI is InChI=1S/C5H2ClN3O2/c6-4-3(1-2-11-4)5(10)8-9-7/h1-2H. The Bertz CT molecular complexity index is 326. The summed E-state index contributed by atoms with van der Waals surface area (Å²) < 4.78 is 4.59. The molecule has 0 aromatic carbocycles. The number of carbonyl (C=O) groups is 1. The van der Waals surface area contributed by atoms with Crippen LogP contribution in [0, 0.1) is 0 Å². The number of nitrogens with zero attached hydrogens (tertiary/aromatic N) is 3. The molecule has 5 nitrogen and oxygen atoms in total. The fraction of sp³-hybridized carbons (Fsp3) is 0. The van der Waals surface area contributed by atoms with Gasteiger partial charge in [-0.2, -0.15) is 0 Å². The number of azide groups is 1. The van der Waals surface area contributed by atoms with E-state index in [-0.39, 0.29) is 10.8 Å². The van der Waals surface area contributed by atoms with Gasteiger partial charge in [-0.25, -0.2) is 0 Å². The second-order valence-electron chi connectivity index (χ2n) is 1.60. The third kappa shape index (κ3) is 1.52. The molecule has 1 amide bonds. The van der Waals surface area contributed by atoms with Crippen molar-refractivity contribution < 1.29 is 9.21 Å². The van der Waals surface area contributed by atoms with Crippen molar-refractivity contribution in [2.75, 3.05) is 0 Å². The molecular formula is C5H2ClN3O2. The van der Waals surface area contributed by atoms with Gasteiger partial charge in [0.2, 0.25) is 5.22 Å². The highest BCUT2D eigenvalue weighted by Gasteiger charge is 2.09. The third-order valence-corrected chi connectivity index (χ3v) is 1.28. The fourth-order valence-electron chi connectivity index (χ4n) is 0.541. The fourth-order valence-corrected chi connectivity index (χ4v) is 0.736. The van der Waals surface area contributed by atoms with E-state index in [1.54, 1.807) is 0 Å². The van der Waals surface area contributed by atoms with Crippen molar-refractivity contribution in [3.05, 3.63) is 33.6 Å². The molecule has 0 radical (unpaired) electrons. The van der Waals surface area contributed by atoms with Gasteiger partial charge in [-0.1, -0.05) is 0 Å². The van der Waals surface area contributed by atoms with E-state index in [4.69, 9.17) is 17.1 Å². The highest BCUT2D eigenvalue weighted by atomic mass is 35.5. The first-order valence-corrected chi connectivity index (χ1v) is 2.96. The minimum Gasteiger partial charge on any atom is -0.452 e. The summed E-state index contributed by atoms with van der Waals surface area (Å²) in [7, 11) is 0. The lowest BCUT2D eigenvalue weighted by atomic mass is 10.3. The van der Waals surface area contributed by atoms with Crippen molar-refractivity contribution in [2.45, 2.75) is 0 Å². The maximum absolute atomic E-state index is 10.8. The van der Waals surface area contributed by atoms with Gasteiger partial charge in [0.1, 0.15) is 0 Å². The molecule has 1 aromatic heterocycles. The van der Waals surface area contributed by atoms with Gasteiger partial charge in [0.25, 0.3) is 5.91 Å². The first-order chi connectivity index (χ1) is 5.25. The molecule has 1 aromatic rings. The first kappa shape index (κ1) is 7.65. The van der Waals surface area contributed by atoms with Gasteiger partial charge in [-0.3, -0.25) is 4.79 Å². The van der Waals surface area contributed by atoms with E-state index in [1.807, 2.05) is 0 Å². The minimum atomic E-state index is -0.744. The number of carbonyl (C=O) groups excluding carboxylic acids is 1. The number of hydrogen-bond acceptors (Lipinski definition) is 2. The van der Waals surface area contributed by atoms with E-state index in [2.05, 4.69) is 14.4 Å². The Labute approximate surface area is 66.2 Å². The number of halogens is 1. The van der Waals surface area contributed by atoms with Gasteiger partial charge < -0.3 is 4.42 Å². The SMILES string of the molecule is [N-]=[N+]=NC(=O)c1ccoc1Cl. The van der Waals surface area contributed by atoms with Crippen molar-refractivity contribution in [1.82, 2.24) is 0 Å². The smallest absolute Gasteiger partial charge is 0.253 e. The summed E-state index contributed by atoms with van der Waals surface area (Å²) in [5.41, 5.74) is 7.96. The molecule has 0 unspecified atom stereocenters. The van der Waals surface area contributed by atoms with Gasteiger partial charge >= 0.3 is 0 Å². The summed E-state index contributed by atoms with van der Waals surface area (Å²) in [5.74, 6) is -0.744. The van der Waals surface area contributed by atoms with Crippen LogP contribution in [0.1, 0.15) is 10.4 Å². The monoisotopic (exact) mass is 171 g/mol. The molecule has 0 aliphatic rings. The van der Waals surface area contributed by atoms with Crippen LogP contribution in [0.5, 0.6) is 0 Å². The molecule has 6 heteroatoms. The molecule has 0 aliphatic carbocycles. The number of hydrogen-bond donors (Lipinski definition) is 0. The van der Waals surface area contributed by atoms with Crippen molar-refractivity contribution in [3.8, 4) is 0 Å². The predicted octanol–water partition coefficient (Wildman–Crippen LogP) is 2.38. The molecule has 0 N–H and O–H groups in total. The van der Waals surface area contributed by atoms with E-state index < -0.39 is 5.91 Å². The van der Waals surface area contributed by atoms with E-state index in [9.17, 15) is 4.79 Å². The van der Waals surface area contributed by atoms with Gasteiger partial charge in [-0.05, 0) is 28.3 Å². The molecule has 1 heterocycles. The second-order valence-corrected chi connectivity index (χ2v) is 1.95. The maximum Gasteiger partial charge on any atom is 0.253 e. The van der Waals surface area contributed by atoms with Gasteiger partial charge in [-0.15, -0.1) is 0 Å². The topological polar surface area (TPSA) is 79.0 Å². The van der Waals surface area contributed by atoms with Crippen LogP contribution in [0.4, 0.5) is 0 Å². The number of rotatable bonds is 1. The normalized spacial score (nSPS) is 8.82. The van der Waals surface area contributed by atoms with E-state index in [0.29, 0.717) is 0 Å². The molecule has 0 atom stereocenters. The average molecular weight is 172 g/mol. The van der Waals surface area contributed by atoms with Crippen LogP contribution in [0.25, 0.3) is 10.4 Å². The van der Waals surface area contributed by atoms with Crippen LogP contribution < -0.4 is 0 Å². The van der Waals surface area contributed by atoms with Crippen LogP contribution in [0.3, 0.4) is 0 Å². The lowest BCUT2D eigenvalue weighted by Gasteiger charge is -1.84. The van der Waals surface area contributed by atoms with Crippen LogP contribution >= 0.6 is 11.6 Å². The van der Waals surface area contributed by atoms with E-state index in [1.165, 1.54) is 12.3 Å². The zero-order valence-corrected chi connectivity index (χ0v) is 5.95. The quantitative estimate of drug-likeness (QED) is 0.369. The second kappa shape index (κ2) is 3.09. The van der Waals surface area contributed by atoms with Crippen molar-refractivity contribution in [1.29, 1.82) is 0 Å². The molecule has 0 fully saturated rings. The maximum atomic E-state index is 10.8. The molecule has 11 heavy (non-hydrogen) atoms. The molecule has 56 valence electrons. The van der Waals surface area contributed by atoms with Crippen molar-refractivity contribution in [2.24, 2.45) is 5.11 Å². The molecule has 0 bridgehead atoms. The number of furan rings is 1. The predicted molar refractivity (Wildman–Crippen MR) is 37.2 cm³/mol.